The Kier molecular flexibility index (Phi) is 11.8. The number of carbonyl (C=O) groups excluding carboxylic acids is 1. The van der Waals surface area contributed by atoms with E-state index in [1.807, 2.05) is 29.2 Å². The molecule has 11 nitrogen and oxygen atoms in total. The summed E-state index contributed by atoms with van der Waals surface area (Å²) in [7, 11) is -11.1. The molecule has 190 valence electrons. The number of anilines is 1. The van der Waals surface area contributed by atoms with Gasteiger partial charge in [0, 0.05) is 43.0 Å². The average Bonchev–Trinajstić information content (AvgIpc) is 2.70. The van der Waals surface area contributed by atoms with Crippen molar-refractivity contribution in [2.45, 2.75) is 43.4 Å². The quantitative estimate of drug-likeness (QED) is 0.130. The van der Waals surface area contributed by atoms with Gasteiger partial charge in [0.2, 0.25) is 5.91 Å². The third-order valence-corrected chi connectivity index (χ3v) is 9.25. The van der Waals surface area contributed by atoms with Crippen molar-refractivity contribution in [2.24, 2.45) is 5.73 Å². The smallest absolute Gasteiger partial charge is 0.369 e. The highest BCUT2D eigenvalue weighted by atomic mass is 35.5. The second-order valence-electron chi connectivity index (χ2n) is 7.65. The van der Waals surface area contributed by atoms with E-state index in [9.17, 15) is 38.6 Å². The van der Waals surface area contributed by atoms with Crippen LogP contribution in [0.4, 0.5) is 5.69 Å². The maximum absolute atomic E-state index is 12.4. The molecule has 8 N–H and O–H groups in total. The summed E-state index contributed by atoms with van der Waals surface area (Å²) in [5.74, 6) is 0.330. The van der Waals surface area contributed by atoms with Gasteiger partial charge in [-0.05, 0) is 37.5 Å². The Balaban J connectivity index is 2.69. The summed E-state index contributed by atoms with van der Waals surface area (Å²) in [6.45, 7) is 2.72. The summed E-state index contributed by atoms with van der Waals surface area (Å²) in [5, 5.41) is 8.91. The molecule has 0 heterocycles. The molecule has 0 spiro atoms. The van der Waals surface area contributed by atoms with Gasteiger partial charge < -0.3 is 40.6 Å². The van der Waals surface area contributed by atoms with Crippen LogP contribution in [0.1, 0.15) is 25.3 Å². The fraction of sp³-hybridized carbons (Fsp3) is 0.611. The normalized spacial score (nSPS) is 14.6. The molecule has 0 saturated heterocycles. The number of hydrogen-bond acceptors (Lipinski definition) is 6. The zero-order valence-corrected chi connectivity index (χ0v) is 21.4. The van der Waals surface area contributed by atoms with E-state index in [0.717, 1.165) is 11.3 Å². The Morgan fingerprint density at radius 1 is 1.09 bits per heavy atom. The van der Waals surface area contributed by atoms with Gasteiger partial charge in [-0.2, -0.15) is 0 Å². The lowest BCUT2D eigenvalue weighted by atomic mass is 10.0. The van der Waals surface area contributed by atoms with Gasteiger partial charge in [0.25, 0.3) is 5.08 Å². The van der Waals surface area contributed by atoms with Gasteiger partial charge in [-0.3, -0.25) is 13.9 Å². The molecule has 1 unspecified atom stereocenters. The summed E-state index contributed by atoms with van der Waals surface area (Å²) in [4.78, 5) is 51.1. The molecule has 1 amide bonds. The largest absolute Gasteiger partial charge is 0.369 e. The van der Waals surface area contributed by atoms with E-state index in [1.165, 1.54) is 6.92 Å². The van der Waals surface area contributed by atoms with Crippen molar-refractivity contribution in [3.63, 3.8) is 0 Å². The molecule has 0 aromatic heterocycles. The highest BCUT2D eigenvalue weighted by Crippen LogP contribution is 2.69. The molecule has 33 heavy (non-hydrogen) atoms. The molecule has 0 radical (unpaired) electrons. The highest BCUT2D eigenvalue weighted by molar-refractivity contribution is 7.72. The van der Waals surface area contributed by atoms with Crippen LogP contribution in [0.5, 0.6) is 0 Å². The fourth-order valence-corrected chi connectivity index (χ4v) is 5.66. The average molecular weight is 550 g/mol. The Morgan fingerprint density at radius 2 is 1.58 bits per heavy atom. The third-order valence-electron chi connectivity index (χ3n) is 5.04. The lowest BCUT2D eigenvalue weighted by Crippen LogP contribution is -2.46. The first-order valence-electron chi connectivity index (χ1n) is 10.0. The summed E-state index contributed by atoms with van der Waals surface area (Å²) >= 11 is 11.6. The van der Waals surface area contributed by atoms with Crippen molar-refractivity contribution in [2.75, 3.05) is 29.7 Å². The zero-order chi connectivity index (χ0) is 25.4. The van der Waals surface area contributed by atoms with Crippen LogP contribution in [0, 0.1) is 0 Å². The molecule has 15 heteroatoms. The molecular weight excluding hydrogens is 519 g/mol. The number of hydrogen-bond donors (Lipinski definition) is 7. The SMILES string of the molecule is CC(CCC(O)(P(=O)(O)O)P(=O)(O)O)NC(=O)[C@@H](N)Cc1ccc(N(CCCl)CCCl)cc1. The standard InChI is InChI=1S/C18H31Cl2N3O8P2/c1-13(6-7-18(25,32(26,27)28)33(29,30)31)22-17(24)16(21)12-14-2-4-15(5-3-14)23(10-8-19)11-9-20/h2-5,13,16,25H,6-12,21H2,1H3,(H,22,24)(H2,26,27,28)(H2,29,30,31)/t13?,16-/m0/s1. The predicted molar refractivity (Wildman–Crippen MR) is 128 cm³/mol. The molecule has 2 atom stereocenters. The van der Waals surface area contributed by atoms with E-state index < -0.39 is 44.7 Å². The van der Waals surface area contributed by atoms with Crippen LogP contribution in [-0.2, 0) is 20.3 Å². The van der Waals surface area contributed by atoms with Crippen LogP contribution in [0.25, 0.3) is 0 Å². The van der Waals surface area contributed by atoms with Crippen molar-refractivity contribution in [3.8, 4) is 0 Å². The minimum atomic E-state index is -5.55. The number of rotatable bonds is 14. The Labute approximate surface area is 202 Å². The first-order chi connectivity index (χ1) is 15.2. The van der Waals surface area contributed by atoms with Crippen LogP contribution < -0.4 is 16.0 Å². The first kappa shape index (κ1) is 30.3. The molecular formula is C18H31Cl2N3O8P2. The molecule has 0 aliphatic carbocycles. The Hall–Kier alpha value is -0.710. The molecule has 0 aliphatic rings. The monoisotopic (exact) mass is 549 g/mol. The van der Waals surface area contributed by atoms with Gasteiger partial charge in [0.15, 0.2) is 0 Å². The molecule has 0 fully saturated rings. The molecule has 1 rings (SSSR count). The molecule has 0 saturated carbocycles. The number of nitrogens with zero attached hydrogens (tertiary/aromatic N) is 1. The molecule has 1 aromatic rings. The van der Waals surface area contributed by atoms with Crippen molar-refractivity contribution in [1.82, 2.24) is 5.32 Å². The minimum Gasteiger partial charge on any atom is -0.369 e. The molecule has 0 aliphatic heterocycles. The van der Waals surface area contributed by atoms with Crippen molar-refractivity contribution < 1.29 is 38.6 Å². The zero-order valence-electron chi connectivity index (χ0n) is 18.0. The van der Waals surface area contributed by atoms with Crippen molar-refractivity contribution in [1.29, 1.82) is 0 Å². The van der Waals surface area contributed by atoms with Gasteiger partial charge in [-0.15, -0.1) is 23.2 Å². The highest BCUT2D eigenvalue weighted by Gasteiger charge is 2.58. The van der Waals surface area contributed by atoms with Gasteiger partial charge in [0.05, 0.1) is 6.04 Å². The molecule has 1 aromatic carbocycles. The van der Waals surface area contributed by atoms with Crippen LogP contribution in [0.15, 0.2) is 24.3 Å². The minimum absolute atomic E-state index is 0.207. The summed E-state index contributed by atoms with van der Waals surface area (Å²) in [5.41, 5.74) is 7.68. The number of amides is 1. The topological polar surface area (TPSA) is 194 Å². The number of aliphatic hydroxyl groups is 1. The van der Waals surface area contributed by atoms with Gasteiger partial charge in [0.1, 0.15) is 0 Å². The maximum Gasteiger partial charge on any atom is 0.369 e. The summed E-state index contributed by atoms with van der Waals surface area (Å²) in [6, 6.07) is 5.67. The Morgan fingerprint density at radius 3 is 2.00 bits per heavy atom. The lowest BCUT2D eigenvalue weighted by molar-refractivity contribution is -0.123. The number of nitrogens with one attached hydrogen (secondary N) is 1. The predicted octanol–water partition coefficient (Wildman–Crippen LogP) is 1.13. The second kappa shape index (κ2) is 12.8. The maximum atomic E-state index is 12.4. The molecule has 0 bridgehead atoms. The fourth-order valence-electron chi connectivity index (χ4n) is 3.06. The van der Waals surface area contributed by atoms with Gasteiger partial charge in [-0.25, -0.2) is 0 Å². The first-order valence-corrected chi connectivity index (χ1v) is 14.3. The number of nitrogens with two attached hydrogens (primary N) is 1. The number of benzene rings is 1. The number of carbonyl (C=O) groups is 1. The van der Waals surface area contributed by atoms with Gasteiger partial charge >= 0.3 is 15.2 Å². The third kappa shape index (κ3) is 8.78. The number of alkyl halides is 2. The van der Waals surface area contributed by atoms with Crippen LogP contribution in [0.2, 0.25) is 0 Å². The summed E-state index contributed by atoms with van der Waals surface area (Å²) < 4.78 is 22.8. The van der Waals surface area contributed by atoms with Crippen LogP contribution in [-0.4, -0.2) is 72.6 Å². The van der Waals surface area contributed by atoms with Crippen LogP contribution >= 0.6 is 38.4 Å². The van der Waals surface area contributed by atoms with E-state index >= 15 is 0 Å². The van der Waals surface area contributed by atoms with E-state index in [0.29, 0.717) is 24.8 Å². The van der Waals surface area contributed by atoms with E-state index in [2.05, 4.69) is 5.32 Å². The Bertz CT molecular complexity index is 837. The van der Waals surface area contributed by atoms with Crippen molar-refractivity contribution >= 4 is 50.0 Å². The van der Waals surface area contributed by atoms with Gasteiger partial charge in [-0.1, -0.05) is 12.1 Å². The second-order valence-corrected chi connectivity index (χ2v) is 12.4. The summed E-state index contributed by atoms with van der Waals surface area (Å²) in [6.07, 6.45) is -1.03. The van der Waals surface area contributed by atoms with Crippen LogP contribution in [0.3, 0.4) is 0 Å². The number of halogens is 2. The van der Waals surface area contributed by atoms with Crippen molar-refractivity contribution in [3.05, 3.63) is 29.8 Å². The lowest BCUT2D eigenvalue weighted by Gasteiger charge is -2.30. The van der Waals surface area contributed by atoms with E-state index in [-0.39, 0.29) is 12.8 Å². The van der Waals surface area contributed by atoms with E-state index in [4.69, 9.17) is 28.9 Å². The van der Waals surface area contributed by atoms with E-state index in [1.54, 1.807) is 0 Å².